The summed E-state index contributed by atoms with van der Waals surface area (Å²) in [7, 11) is 0. The molecule has 0 atom stereocenters. The highest BCUT2D eigenvalue weighted by Gasteiger charge is 2.13. The van der Waals surface area contributed by atoms with Crippen LogP contribution in [0, 0.1) is 6.92 Å². The van der Waals surface area contributed by atoms with Crippen molar-refractivity contribution in [2.75, 3.05) is 13.2 Å². The molecule has 4 heteroatoms. The van der Waals surface area contributed by atoms with E-state index in [-0.39, 0.29) is 0 Å². The zero-order chi connectivity index (χ0) is 15.6. The molecule has 1 aliphatic heterocycles. The first-order chi connectivity index (χ1) is 11.3. The highest BCUT2D eigenvalue weighted by molar-refractivity contribution is 5.70. The topological polar surface area (TPSA) is 47.1 Å². The van der Waals surface area contributed by atoms with Gasteiger partial charge in [0, 0.05) is 17.5 Å². The van der Waals surface area contributed by atoms with Crippen LogP contribution in [0.1, 0.15) is 12.0 Å². The third-order valence-electron chi connectivity index (χ3n) is 3.95. The Morgan fingerprint density at radius 2 is 1.78 bits per heavy atom. The molecule has 0 aliphatic carbocycles. The van der Waals surface area contributed by atoms with Crippen LogP contribution < -0.4 is 9.47 Å². The van der Waals surface area contributed by atoms with Gasteiger partial charge in [-0.1, -0.05) is 23.8 Å². The van der Waals surface area contributed by atoms with E-state index in [2.05, 4.69) is 41.4 Å². The first-order valence-corrected chi connectivity index (χ1v) is 7.82. The van der Waals surface area contributed by atoms with E-state index in [4.69, 9.17) is 9.47 Å². The Hall–Kier alpha value is -2.75. The Kier molecular flexibility index (Phi) is 3.50. The third-order valence-corrected chi connectivity index (χ3v) is 3.95. The van der Waals surface area contributed by atoms with Gasteiger partial charge >= 0.3 is 0 Å². The summed E-state index contributed by atoms with van der Waals surface area (Å²) in [6.45, 7) is 3.47. The van der Waals surface area contributed by atoms with Gasteiger partial charge in [0.25, 0.3) is 0 Å². The van der Waals surface area contributed by atoms with Crippen LogP contribution in [-0.2, 0) is 0 Å². The second-order valence-electron chi connectivity index (χ2n) is 5.75. The van der Waals surface area contributed by atoms with E-state index in [0.717, 1.165) is 40.4 Å². The van der Waals surface area contributed by atoms with E-state index in [1.54, 1.807) is 0 Å². The predicted octanol–water partition coefficient (Wildman–Crippen LogP) is 4.21. The molecule has 0 saturated heterocycles. The highest BCUT2D eigenvalue weighted by Crippen LogP contribution is 2.34. The van der Waals surface area contributed by atoms with Crippen molar-refractivity contribution in [3.05, 3.63) is 54.1 Å². The number of hydrogen-bond donors (Lipinski definition) is 1. The number of aromatic nitrogens is 2. The normalized spacial score (nSPS) is 13.6. The standard InChI is InChI=1S/C19H18N2O2/c1-13-4-2-5-14(10-13)16-12-17(21-20-16)15-6-7-18-19(11-15)23-9-3-8-22-18/h2,4-7,10-12H,3,8-9H2,1H3,(H,20,21). The Morgan fingerprint density at radius 3 is 2.65 bits per heavy atom. The zero-order valence-corrected chi connectivity index (χ0v) is 13.0. The Bertz CT molecular complexity index is 839. The summed E-state index contributed by atoms with van der Waals surface area (Å²) >= 11 is 0. The summed E-state index contributed by atoms with van der Waals surface area (Å²) in [5.41, 5.74) is 5.29. The van der Waals surface area contributed by atoms with Crippen LogP contribution in [-0.4, -0.2) is 23.4 Å². The number of fused-ring (bicyclic) bond motifs is 1. The number of benzene rings is 2. The van der Waals surface area contributed by atoms with E-state index >= 15 is 0 Å². The molecule has 1 N–H and O–H groups in total. The van der Waals surface area contributed by atoms with Crippen molar-refractivity contribution in [3.63, 3.8) is 0 Å². The van der Waals surface area contributed by atoms with Gasteiger partial charge in [-0.2, -0.15) is 5.10 Å². The van der Waals surface area contributed by atoms with Gasteiger partial charge in [0.05, 0.1) is 24.6 Å². The molecule has 4 rings (SSSR count). The molecule has 0 fully saturated rings. The molecule has 116 valence electrons. The lowest BCUT2D eigenvalue weighted by Crippen LogP contribution is -1.97. The summed E-state index contributed by atoms with van der Waals surface area (Å²) in [5, 5.41) is 7.55. The molecule has 0 spiro atoms. The highest BCUT2D eigenvalue weighted by atomic mass is 16.5. The molecule has 3 aromatic rings. The van der Waals surface area contributed by atoms with Crippen molar-refractivity contribution >= 4 is 0 Å². The van der Waals surface area contributed by atoms with Crippen molar-refractivity contribution in [2.45, 2.75) is 13.3 Å². The molecule has 0 bridgehead atoms. The quantitative estimate of drug-likeness (QED) is 0.771. The second kappa shape index (κ2) is 5.80. The van der Waals surface area contributed by atoms with Crippen LogP contribution in [0.5, 0.6) is 11.5 Å². The van der Waals surface area contributed by atoms with Crippen LogP contribution in [0.25, 0.3) is 22.5 Å². The largest absolute Gasteiger partial charge is 0.490 e. The van der Waals surface area contributed by atoms with Gasteiger partial charge < -0.3 is 9.47 Å². The number of rotatable bonds is 2. The predicted molar refractivity (Wildman–Crippen MR) is 89.8 cm³/mol. The fraction of sp³-hybridized carbons (Fsp3) is 0.211. The maximum absolute atomic E-state index is 5.76. The van der Waals surface area contributed by atoms with Gasteiger partial charge in [0.15, 0.2) is 11.5 Å². The van der Waals surface area contributed by atoms with E-state index in [1.165, 1.54) is 5.56 Å². The van der Waals surface area contributed by atoms with Gasteiger partial charge in [-0.05, 0) is 37.3 Å². The molecule has 4 nitrogen and oxygen atoms in total. The van der Waals surface area contributed by atoms with Crippen molar-refractivity contribution in [1.29, 1.82) is 0 Å². The summed E-state index contributed by atoms with van der Waals surface area (Å²) < 4.78 is 11.4. The lowest BCUT2D eigenvalue weighted by atomic mass is 10.1. The lowest BCUT2D eigenvalue weighted by Gasteiger charge is -2.08. The molecule has 2 aromatic carbocycles. The average molecular weight is 306 g/mol. The van der Waals surface area contributed by atoms with Crippen molar-refractivity contribution < 1.29 is 9.47 Å². The maximum Gasteiger partial charge on any atom is 0.161 e. The van der Waals surface area contributed by atoms with Crippen LogP contribution in [0.15, 0.2) is 48.5 Å². The van der Waals surface area contributed by atoms with Gasteiger partial charge in [0.2, 0.25) is 0 Å². The number of hydrogen-bond acceptors (Lipinski definition) is 3. The molecular weight excluding hydrogens is 288 g/mol. The number of nitrogens with zero attached hydrogens (tertiary/aromatic N) is 1. The maximum atomic E-state index is 5.76. The molecule has 1 aromatic heterocycles. The van der Waals surface area contributed by atoms with Crippen LogP contribution >= 0.6 is 0 Å². The van der Waals surface area contributed by atoms with E-state index in [9.17, 15) is 0 Å². The van der Waals surface area contributed by atoms with Crippen molar-refractivity contribution in [2.24, 2.45) is 0 Å². The molecule has 0 saturated carbocycles. The Balaban J connectivity index is 1.68. The molecule has 0 radical (unpaired) electrons. The number of ether oxygens (including phenoxy) is 2. The number of aryl methyl sites for hydroxylation is 1. The number of H-pyrrole nitrogens is 1. The minimum absolute atomic E-state index is 0.688. The molecule has 0 amide bonds. The molecule has 1 aliphatic rings. The molecule has 23 heavy (non-hydrogen) atoms. The summed E-state index contributed by atoms with van der Waals surface area (Å²) in [5.74, 6) is 1.61. The van der Waals surface area contributed by atoms with Crippen molar-refractivity contribution in [3.8, 4) is 34.0 Å². The SMILES string of the molecule is Cc1cccc(-c2cc(-c3ccc4c(c3)OCCCO4)[nH]n2)c1. The van der Waals surface area contributed by atoms with Crippen LogP contribution in [0.3, 0.4) is 0 Å². The van der Waals surface area contributed by atoms with E-state index in [0.29, 0.717) is 13.2 Å². The third kappa shape index (κ3) is 2.80. The Labute approximate surface area is 135 Å². The minimum atomic E-state index is 0.688. The van der Waals surface area contributed by atoms with Gasteiger partial charge in [0.1, 0.15) is 0 Å². The monoisotopic (exact) mass is 306 g/mol. The lowest BCUT2D eigenvalue weighted by molar-refractivity contribution is 0.297. The first-order valence-electron chi connectivity index (χ1n) is 7.82. The fourth-order valence-corrected chi connectivity index (χ4v) is 2.75. The van der Waals surface area contributed by atoms with Gasteiger partial charge in [-0.25, -0.2) is 0 Å². The molecule has 2 heterocycles. The zero-order valence-electron chi connectivity index (χ0n) is 13.0. The van der Waals surface area contributed by atoms with Crippen molar-refractivity contribution in [1.82, 2.24) is 10.2 Å². The smallest absolute Gasteiger partial charge is 0.161 e. The average Bonchev–Trinajstić information content (AvgIpc) is 2.94. The summed E-state index contributed by atoms with van der Waals surface area (Å²) in [6.07, 6.45) is 0.908. The van der Waals surface area contributed by atoms with E-state index < -0.39 is 0 Å². The second-order valence-corrected chi connectivity index (χ2v) is 5.75. The minimum Gasteiger partial charge on any atom is -0.490 e. The number of nitrogens with one attached hydrogen (secondary N) is 1. The Morgan fingerprint density at radius 1 is 0.913 bits per heavy atom. The number of aromatic amines is 1. The fourth-order valence-electron chi connectivity index (χ4n) is 2.75. The summed E-state index contributed by atoms with van der Waals surface area (Å²) in [4.78, 5) is 0. The summed E-state index contributed by atoms with van der Waals surface area (Å²) in [6, 6.07) is 16.4. The van der Waals surface area contributed by atoms with Gasteiger partial charge in [-0.15, -0.1) is 0 Å². The van der Waals surface area contributed by atoms with Crippen LogP contribution in [0.4, 0.5) is 0 Å². The molecular formula is C19H18N2O2. The van der Waals surface area contributed by atoms with Crippen LogP contribution in [0.2, 0.25) is 0 Å². The molecule has 0 unspecified atom stereocenters. The first kappa shape index (κ1) is 13.9. The van der Waals surface area contributed by atoms with E-state index in [1.807, 2.05) is 24.3 Å². The van der Waals surface area contributed by atoms with Gasteiger partial charge in [-0.3, -0.25) is 5.10 Å².